The Morgan fingerprint density at radius 1 is 1.57 bits per heavy atom. The van der Waals surface area contributed by atoms with Crippen molar-refractivity contribution in [2.24, 2.45) is 5.92 Å². The van der Waals surface area contributed by atoms with E-state index in [4.69, 9.17) is 0 Å². The van der Waals surface area contributed by atoms with Gasteiger partial charge in [-0.15, -0.1) is 0 Å². The summed E-state index contributed by atoms with van der Waals surface area (Å²) in [4.78, 5) is 6.42. The van der Waals surface area contributed by atoms with Gasteiger partial charge in [0.1, 0.15) is 6.61 Å². The molecule has 0 spiro atoms. The molecular formula is C8H15IN2O3. The fraction of sp³-hybridized carbons (Fsp3) is 0.625. The number of rotatable bonds is 4. The van der Waals surface area contributed by atoms with Crippen LogP contribution in [0.4, 0.5) is 0 Å². The Balaban J connectivity index is 0.000000280. The fourth-order valence-electron chi connectivity index (χ4n) is 0.492. The van der Waals surface area contributed by atoms with Crippen molar-refractivity contribution < 1.29 is 31.0 Å². The second-order valence-corrected chi connectivity index (χ2v) is 4.44. The molecule has 1 aromatic heterocycles. The van der Waals surface area contributed by atoms with Gasteiger partial charge in [-0.2, -0.15) is 0 Å². The lowest BCUT2D eigenvalue weighted by Gasteiger charge is -2.00. The number of aromatic amines is 1. The normalized spacial score (nSPS) is 12.1. The highest BCUT2D eigenvalue weighted by Gasteiger charge is 2.13. The molecule has 0 radical (unpaired) electrons. The van der Waals surface area contributed by atoms with Gasteiger partial charge < -0.3 is 11.9 Å². The zero-order valence-electron chi connectivity index (χ0n) is 8.27. The molecule has 14 heavy (non-hydrogen) atoms. The highest BCUT2D eigenvalue weighted by molar-refractivity contribution is 4.64. The van der Waals surface area contributed by atoms with E-state index in [1.165, 1.54) is 0 Å². The minimum absolute atomic E-state index is 0.354. The average Bonchev–Trinajstić information content (AvgIpc) is 2.71. The standard InChI is InChI=1S/C5H11IO3.C3H4N2/c1-3-5(2)4-9-6(7)8;1-2-5-3-4-1/h5H,3-4H2,1-2H3;1-3H,(H,4,5). The van der Waals surface area contributed by atoms with E-state index in [1.54, 1.807) is 18.7 Å². The second kappa shape index (κ2) is 9.38. The van der Waals surface area contributed by atoms with E-state index in [0.29, 0.717) is 12.5 Å². The largest absolute Gasteiger partial charge is 0.506 e. The van der Waals surface area contributed by atoms with Gasteiger partial charge in [-0.3, -0.25) is 0 Å². The van der Waals surface area contributed by atoms with Gasteiger partial charge in [0.15, 0.2) is 0 Å². The fourth-order valence-corrected chi connectivity index (χ4v) is 1.40. The molecule has 0 aliphatic rings. The molecule has 6 heteroatoms. The number of H-pyrrole nitrogens is 1. The maximum absolute atomic E-state index is 9.93. The highest BCUT2D eigenvalue weighted by Crippen LogP contribution is 1.96. The molecule has 0 saturated heterocycles. The van der Waals surface area contributed by atoms with Gasteiger partial charge in [-0.25, -0.2) is 4.98 Å². The van der Waals surface area contributed by atoms with Gasteiger partial charge in [0.25, 0.3) is 0 Å². The summed E-state index contributed by atoms with van der Waals surface area (Å²) in [6.07, 6.45) is 6.05. The first kappa shape index (κ1) is 13.8. The molecule has 0 aliphatic heterocycles. The van der Waals surface area contributed by atoms with Crippen molar-refractivity contribution in [1.29, 1.82) is 0 Å². The summed E-state index contributed by atoms with van der Waals surface area (Å²) in [6.45, 7) is 4.32. The zero-order valence-corrected chi connectivity index (χ0v) is 10.4. The number of aromatic nitrogens is 2. The van der Waals surface area contributed by atoms with Crippen LogP contribution in [0.3, 0.4) is 0 Å². The lowest BCUT2D eigenvalue weighted by Crippen LogP contribution is -3.99. The first-order valence-corrected chi connectivity index (χ1v) is 6.92. The number of hydrogen-bond donors (Lipinski definition) is 1. The van der Waals surface area contributed by atoms with Crippen molar-refractivity contribution in [1.82, 2.24) is 9.97 Å². The Morgan fingerprint density at radius 2 is 2.29 bits per heavy atom. The van der Waals surface area contributed by atoms with E-state index in [1.807, 2.05) is 13.8 Å². The van der Waals surface area contributed by atoms with Crippen LogP contribution in [0.2, 0.25) is 0 Å². The summed E-state index contributed by atoms with van der Waals surface area (Å²) in [5.41, 5.74) is 0. The number of imidazole rings is 1. The molecule has 1 aromatic rings. The monoisotopic (exact) mass is 314 g/mol. The van der Waals surface area contributed by atoms with Crippen LogP contribution in [0.25, 0.3) is 0 Å². The summed E-state index contributed by atoms with van der Waals surface area (Å²) >= 11 is -3.39. The molecule has 0 aliphatic carbocycles. The van der Waals surface area contributed by atoms with Crippen molar-refractivity contribution in [2.75, 3.05) is 6.61 Å². The van der Waals surface area contributed by atoms with E-state index in [0.717, 1.165) is 6.42 Å². The molecule has 1 N–H and O–H groups in total. The van der Waals surface area contributed by atoms with Gasteiger partial charge in [0.05, 0.1) is 6.33 Å². The van der Waals surface area contributed by atoms with E-state index in [9.17, 15) is 6.87 Å². The molecule has 0 amide bonds. The summed E-state index contributed by atoms with van der Waals surface area (Å²) in [6, 6.07) is 0. The van der Waals surface area contributed by atoms with E-state index < -0.39 is 21.1 Å². The summed E-state index contributed by atoms with van der Waals surface area (Å²) in [5.74, 6) is 0.354. The lowest BCUT2D eigenvalue weighted by molar-refractivity contribution is -1.63. The Hall–Kier alpha value is -0.180. The van der Waals surface area contributed by atoms with Gasteiger partial charge in [-0.1, -0.05) is 20.3 Å². The predicted octanol–water partition coefficient (Wildman–Crippen LogP) is -3.45. The lowest BCUT2D eigenvalue weighted by atomic mass is 10.1. The van der Waals surface area contributed by atoms with E-state index in [2.05, 4.69) is 13.0 Å². The second-order valence-electron chi connectivity index (χ2n) is 2.74. The molecule has 1 atom stereocenters. The van der Waals surface area contributed by atoms with Gasteiger partial charge in [-0.05, 0) is 8.98 Å². The molecule has 1 heterocycles. The maximum atomic E-state index is 9.93. The minimum Gasteiger partial charge on any atom is -0.396 e. The maximum Gasteiger partial charge on any atom is 0.506 e. The van der Waals surface area contributed by atoms with Crippen molar-refractivity contribution in [2.45, 2.75) is 20.3 Å². The first-order chi connectivity index (χ1) is 6.66. The minimum atomic E-state index is -3.39. The number of hydrogen-bond acceptors (Lipinski definition) is 4. The molecule has 1 rings (SSSR count). The molecule has 5 nitrogen and oxygen atoms in total. The third-order valence-corrected chi connectivity index (χ3v) is 2.41. The SMILES string of the molecule is CCC(C)CO[I+2]([O-])[O-].c1c[nH]cn1. The van der Waals surface area contributed by atoms with Crippen molar-refractivity contribution in [3.05, 3.63) is 18.7 Å². The summed E-state index contributed by atoms with van der Waals surface area (Å²) in [5, 5.41) is 0. The molecular weight excluding hydrogens is 299 g/mol. The van der Waals surface area contributed by atoms with Crippen LogP contribution in [0.5, 0.6) is 0 Å². The molecule has 0 fully saturated rings. The smallest absolute Gasteiger partial charge is 0.396 e. The van der Waals surface area contributed by atoms with Crippen LogP contribution in [0, 0.1) is 5.92 Å². The summed E-state index contributed by atoms with van der Waals surface area (Å²) in [7, 11) is 0. The van der Waals surface area contributed by atoms with Crippen LogP contribution >= 0.6 is 0 Å². The molecule has 0 bridgehead atoms. The highest BCUT2D eigenvalue weighted by atomic mass is 127. The van der Waals surface area contributed by atoms with Crippen LogP contribution < -0.4 is 27.9 Å². The van der Waals surface area contributed by atoms with Crippen molar-refractivity contribution >= 4 is 0 Å². The molecule has 0 saturated carbocycles. The van der Waals surface area contributed by atoms with Crippen molar-refractivity contribution in [3.63, 3.8) is 0 Å². The third kappa shape index (κ3) is 9.90. The zero-order chi connectivity index (χ0) is 10.8. The van der Waals surface area contributed by atoms with E-state index >= 15 is 0 Å². The van der Waals surface area contributed by atoms with Gasteiger partial charge in [0, 0.05) is 12.4 Å². The molecule has 1 unspecified atom stereocenters. The summed E-state index contributed by atoms with van der Waals surface area (Å²) < 4.78 is 24.3. The first-order valence-electron chi connectivity index (χ1n) is 4.28. The van der Waals surface area contributed by atoms with Crippen LogP contribution in [0.15, 0.2) is 18.7 Å². The van der Waals surface area contributed by atoms with Crippen LogP contribution in [0.1, 0.15) is 20.3 Å². The van der Waals surface area contributed by atoms with Crippen molar-refractivity contribution in [3.8, 4) is 0 Å². The number of halogens is 1. The molecule has 82 valence electrons. The van der Waals surface area contributed by atoms with E-state index in [-0.39, 0.29) is 0 Å². The Morgan fingerprint density at radius 3 is 2.57 bits per heavy atom. The number of nitrogens with zero attached hydrogens (tertiary/aromatic N) is 1. The molecule has 0 aromatic carbocycles. The quantitative estimate of drug-likeness (QED) is 0.586. The Kier molecular flexibility index (Phi) is 9.26. The topological polar surface area (TPSA) is 84.0 Å². The van der Waals surface area contributed by atoms with Crippen LogP contribution in [-0.4, -0.2) is 16.6 Å². The predicted molar refractivity (Wildman–Crippen MR) is 44.0 cm³/mol. The van der Waals surface area contributed by atoms with Gasteiger partial charge >= 0.3 is 21.1 Å². The third-order valence-electron chi connectivity index (χ3n) is 1.54. The number of nitrogens with one attached hydrogen (secondary N) is 1. The Labute approximate surface area is 92.6 Å². The average molecular weight is 314 g/mol. The van der Waals surface area contributed by atoms with Gasteiger partial charge in [0.2, 0.25) is 0 Å². The Bertz CT molecular complexity index is 177. The van der Waals surface area contributed by atoms with Crippen LogP contribution in [-0.2, 0) is 3.07 Å².